The van der Waals surface area contributed by atoms with Gasteiger partial charge in [-0.3, -0.25) is 0 Å². The van der Waals surface area contributed by atoms with Crippen molar-refractivity contribution in [2.24, 2.45) is 5.73 Å². The van der Waals surface area contributed by atoms with Crippen LogP contribution in [0, 0.1) is 0 Å². The van der Waals surface area contributed by atoms with Crippen LogP contribution in [-0.4, -0.2) is 11.0 Å². The van der Waals surface area contributed by atoms with Crippen molar-refractivity contribution in [2.45, 2.75) is 37.6 Å². The van der Waals surface area contributed by atoms with Gasteiger partial charge in [0, 0.05) is 12.2 Å². The smallest absolute Gasteiger partial charge is 0.106 e. The molecular weight excluding hydrogens is 240 g/mol. The normalized spacial score (nSPS) is 27.6. The van der Waals surface area contributed by atoms with Gasteiger partial charge in [0.2, 0.25) is 0 Å². The van der Waals surface area contributed by atoms with E-state index in [0.29, 0.717) is 12.0 Å². The molecule has 0 amide bonds. The molecule has 2 atom stereocenters. The van der Waals surface area contributed by atoms with Crippen LogP contribution in [0.2, 0.25) is 0 Å². The summed E-state index contributed by atoms with van der Waals surface area (Å²) >= 11 is 3.40. The van der Waals surface area contributed by atoms with E-state index in [9.17, 15) is 0 Å². The van der Waals surface area contributed by atoms with Gasteiger partial charge in [0.05, 0.1) is 0 Å². The van der Waals surface area contributed by atoms with E-state index >= 15 is 0 Å². The molecule has 0 bridgehead atoms. The number of halogens is 1. The third kappa shape index (κ3) is 2.34. The molecule has 1 aliphatic rings. The summed E-state index contributed by atoms with van der Waals surface area (Å²) in [6, 6.07) is 4.61. The van der Waals surface area contributed by atoms with E-state index in [4.69, 9.17) is 5.73 Å². The first-order chi connectivity index (χ1) is 6.75. The number of hydrogen-bond acceptors (Lipinski definition) is 2. The molecule has 1 fully saturated rings. The van der Waals surface area contributed by atoms with Crippen LogP contribution >= 0.6 is 15.9 Å². The predicted octanol–water partition coefficient (Wildman–Crippen LogP) is 2.83. The lowest BCUT2D eigenvalue weighted by Gasteiger charge is -2.26. The first-order valence-corrected chi connectivity index (χ1v) is 5.92. The minimum Gasteiger partial charge on any atom is -0.328 e. The summed E-state index contributed by atoms with van der Waals surface area (Å²) < 4.78 is 0.925. The fraction of sp³-hybridized carbons (Fsp3) is 0.545. The van der Waals surface area contributed by atoms with Crippen molar-refractivity contribution in [3.05, 3.63) is 28.5 Å². The van der Waals surface area contributed by atoms with E-state index in [-0.39, 0.29) is 0 Å². The highest BCUT2D eigenvalue weighted by Crippen LogP contribution is 2.32. The van der Waals surface area contributed by atoms with Gasteiger partial charge in [-0.1, -0.05) is 6.42 Å². The predicted molar refractivity (Wildman–Crippen MR) is 61.1 cm³/mol. The van der Waals surface area contributed by atoms with Gasteiger partial charge in [-0.05, 0) is 58.8 Å². The molecule has 2 N–H and O–H groups in total. The minimum atomic E-state index is 0.390. The Morgan fingerprint density at radius 1 is 1.43 bits per heavy atom. The topological polar surface area (TPSA) is 38.9 Å². The van der Waals surface area contributed by atoms with E-state index < -0.39 is 0 Å². The molecule has 0 aromatic carbocycles. The van der Waals surface area contributed by atoms with Crippen molar-refractivity contribution >= 4 is 15.9 Å². The first-order valence-electron chi connectivity index (χ1n) is 5.13. The van der Waals surface area contributed by atoms with Crippen molar-refractivity contribution in [3.63, 3.8) is 0 Å². The molecule has 1 aromatic rings. The standard InChI is InChI=1S/C11H15BrN2/c12-11-7-9(4-5-14-11)8-2-1-3-10(13)6-8/h4-5,7-8,10H,1-3,6,13H2. The summed E-state index contributed by atoms with van der Waals surface area (Å²) in [6.07, 6.45) is 6.69. The molecule has 3 heteroatoms. The zero-order valence-electron chi connectivity index (χ0n) is 8.12. The summed E-state index contributed by atoms with van der Waals surface area (Å²) in [5, 5.41) is 0. The number of hydrogen-bond donors (Lipinski definition) is 1. The average molecular weight is 255 g/mol. The van der Waals surface area contributed by atoms with Crippen LogP contribution in [0.15, 0.2) is 22.9 Å². The van der Waals surface area contributed by atoms with Crippen molar-refractivity contribution in [1.29, 1.82) is 0 Å². The van der Waals surface area contributed by atoms with Gasteiger partial charge in [-0.15, -0.1) is 0 Å². The minimum absolute atomic E-state index is 0.390. The first kappa shape index (κ1) is 10.1. The molecule has 14 heavy (non-hydrogen) atoms. The Balaban J connectivity index is 2.14. The number of nitrogens with two attached hydrogens (primary N) is 1. The van der Waals surface area contributed by atoms with Crippen LogP contribution in [0.4, 0.5) is 0 Å². The molecule has 1 saturated carbocycles. The van der Waals surface area contributed by atoms with Crippen LogP contribution in [0.3, 0.4) is 0 Å². The average Bonchev–Trinajstić information content (AvgIpc) is 2.18. The van der Waals surface area contributed by atoms with Gasteiger partial charge in [0.15, 0.2) is 0 Å². The Kier molecular flexibility index (Phi) is 3.19. The number of aromatic nitrogens is 1. The molecule has 1 heterocycles. The van der Waals surface area contributed by atoms with Gasteiger partial charge in [-0.2, -0.15) is 0 Å². The molecule has 2 nitrogen and oxygen atoms in total. The molecule has 1 aliphatic carbocycles. The third-order valence-electron chi connectivity index (χ3n) is 2.94. The van der Waals surface area contributed by atoms with Crippen LogP contribution in [0.1, 0.15) is 37.2 Å². The van der Waals surface area contributed by atoms with Crippen molar-refractivity contribution in [3.8, 4) is 0 Å². The lowest BCUT2D eigenvalue weighted by molar-refractivity contribution is 0.393. The Hall–Kier alpha value is -0.410. The highest BCUT2D eigenvalue weighted by atomic mass is 79.9. The Morgan fingerprint density at radius 3 is 3.00 bits per heavy atom. The van der Waals surface area contributed by atoms with Crippen LogP contribution in [-0.2, 0) is 0 Å². The molecule has 2 rings (SSSR count). The molecule has 0 radical (unpaired) electrons. The molecular formula is C11H15BrN2. The molecule has 0 aliphatic heterocycles. The SMILES string of the molecule is NC1CCCC(c2ccnc(Br)c2)C1. The van der Waals surface area contributed by atoms with E-state index in [0.717, 1.165) is 11.0 Å². The number of pyridine rings is 1. The van der Waals surface area contributed by atoms with Crippen LogP contribution < -0.4 is 5.73 Å². The summed E-state index contributed by atoms with van der Waals surface area (Å²) in [6.45, 7) is 0. The second-order valence-electron chi connectivity index (χ2n) is 4.04. The quantitative estimate of drug-likeness (QED) is 0.783. The summed E-state index contributed by atoms with van der Waals surface area (Å²) in [5.74, 6) is 0.637. The highest BCUT2D eigenvalue weighted by Gasteiger charge is 2.20. The molecule has 0 spiro atoms. The monoisotopic (exact) mass is 254 g/mol. The van der Waals surface area contributed by atoms with Gasteiger partial charge in [0.25, 0.3) is 0 Å². The number of nitrogens with zero attached hydrogens (tertiary/aromatic N) is 1. The Labute approximate surface area is 93.0 Å². The summed E-state index contributed by atoms with van der Waals surface area (Å²) in [5.41, 5.74) is 7.35. The number of rotatable bonds is 1. The van der Waals surface area contributed by atoms with E-state index in [1.807, 2.05) is 6.20 Å². The van der Waals surface area contributed by atoms with E-state index in [1.54, 1.807) is 0 Å². The van der Waals surface area contributed by atoms with E-state index in [1.165, 1.54) is 24.8 Å². The maximum Gasteiger partial charge on any atom is 0.106 e. The molecule has 76 valence electrons. The van der Waals surface area contributed by atoms with Crippen LogP contribution in [0.5, 0.6) is 0 Å². The second kappa shape index (κ2) is 4.41. The lowest BCUT2D eigenvalue weighted by atomic mass is 9.82. The fourth-order valence-electron chi connectivity index (χ4n) is 2.20. The maximum atomic E-state index is 5.97. The van der Waals surface area contributed by atoms with Crippen molar-refractivity contribution in [1.82, 2.24) is 4.98 Å². The molecule has 1 aromatic heterocycles. The fourth-order valence-corrected chi connectivity index (χ4v) is 2.58. The Bertz CT molecular complexity index is 314. The van der Waals surface area contributed by atoms with Crippen molar-refractivity contribution in [2.75, 3.05) is 0 Å². The van der Waals surface area contributed by atoms with Gasteiger partial charge in [-0.25, -0.2) is 4.98 Å². The third-order valence-corrected chi connectivity index (χ3v) is 3.37. The molecule has 0 saturated heterocycles. The highest BCUT2D eigenvalue weighted by molar-refractivity contribution is 9.10. The van der Waals surface area contributed by atoms with E-state index in [2.05, 4.69) is 33.0 Å². The van der Waals surface area contributed by atoms with Gasteiger partial charge in [0.1, 0.15) is 4.60 Å². The summed E-state index contributed by atoms with van der Waals surface area (Å²) in [4.78, 5) is 4.14. The zero-order valence-corrected chi connectivity index (χ0v) is 9.70. The van der Waals surface area contributed by atoms with Gasteiger partial charge < -0.3 is 5.73 Å². The zero-order chi connectivity index (χ0) is 9.97. The van der Waals surface area contributed by atoms with Gasteiger partial charge >= 0.3 is 0 Å². The second-order valence-corrected chi connectivity index (χ2v) is 4.85. The van der Waals surface area contributed by atoms with Crippen molar-refractivity contribution < 1.29 is 0 Å². The largest absolute Gasteiger partial charge is 0.328 e. The lowest BCUT2D eigenvalue weighted by Crippen LogP contribution is -2.26. The maximum absolute atomic E-state index is 5.97. The summed E-state index contributed by atoms with van der Waals surface area (Å²) in [7, 11) is 0. The van der Waals surface area contributed by atoms with Crippen LogP contribution in [0.25, 0.3) is 0 Å². The Morgan fingerprint density at radius 2 is 2.29 bits per heavy atom. The molecule has 2 unspecified atom stereocenters.